The van der Waals surface area contributed by atoms with Gasteiger partial charge in [-0.2, -0.15) is 0 Å². The molecule has 0 fully saturated rings. The molecule has 13 aromatic rings. The molecule has 1 aliphatic carbocycles. The van der Waals surface area contributed by atoms with Gasteiger partial charge < -0.3 is 0 Å². The molecule has 73 heavy (non-hydrogen) atoms. The molecule has 0 saturated heterocycles. The summed E-state index contributed by atoms with van der Waals surface area (Å²) in [6.45, 7) is 4.82. The summed E-state index contributed by atoms with van der Waals surface area (Å²) >= 11 is 0. The van der Waals surface area contributed by atoms with Crippen LogP contribution >= 0.6 is 0 Å². The quantitative estimate of drug-likeness (QED) is 0.140. The first-order chi connectivity index (χ1) is 36.0. The Balaban J connectivity index is 0.847. The fourth-order valence-corrected chi connectivity index (χ4v) is 12.5. The SMILES string of the molecule is CC1(C)c2cc(-c3ccc(-c4c5ccccc5c(-c5ccccc5-c5ccccc5)c5ccccc45)cc3)ccc2-c2ccc(-c3c4ccccc4c(-c4ccccc4-c4ccccc4)c4ccccc34)cc21. The molecule has 0 bridgehead atoms. The monoisotopic (exact) mass is 926 g/mol. The Morgan fingerprint density at radius 2 is 0.479 bits per heavy atom. The molecule has 14 rings (SSSR count). The van der Waals surface area contributed by atoms with E-state index >= 15 is 0 Å². The highest BCUT2D eigenvalue weighted by molar-refractivity contribution is 6.24. The van der Waals surface area contributed by atoms with Crippen molar-refractivity contribution in [2.45, 2.75) is 19.3 Å². The molecule has 342 valence electrons. The van der Waals surface area contributed by atoms with Crippen LogP contribution in [0.1, 0.15) is 25.0 Å². The predicted octanol–water partition coefficient (Wildman–Crippen LogP) is 20.3. The van der Waals surface area contributed by atoms with Crippen molar-refractivity contribution in [3.63, 3.8) is 0 Å². The highest BCUT2D eigenvalue weighted by Crippen LogP contribution is 2.53. The van der Waals surface area contributed by atoms with Crippen molar-refractivity contribution in [3.8, 4) is 89.0 Å². The maximum Gasteiger partial charge on any atom is 0.0159 e. The van der Waals surface area contributed by atoms with Gasteiger partial charge in [-0.15, -0.1) is 0 Å². The first-order valence-electron chi connectivity index (χ1n) is 25.6. The summed E-state index contributed by atoms with van der Waals surface area (Å²) in [7, 11) is 0. The summed E-state index contributed by atoms with van der Waals surface area (Å²) in [5, 5.41) is 10.1. The van der Waals surface area contributed by atoms with Crippen LogP contribution in [0.4, 0.5) is 0 Å². The van der Waals surface area contributed by atoms with Crippen molar-refractivity contribution in [1.29, 1.82) is 0 Å². The molecule has 13 aromatic carbocycles. The number of fused-ring (bicyclic) bond motifs is 7. The van der Waals surface area contributed by atoms with Gasteiger partial charge >= 0.3 is 0 Å². The molecule has 0 amide bonds. The van der Waals surface area contributed by atoms with E-state index in [1.54, 1.807) is 0 Å². The molecule has 0 aromatic heterocycles. The second kappa shape index (κ2) is 17.0. The van der Waals surface area contributed by atoms with Gasteiger partial charge in [-0.05, 0) is 155 Å². The van der Waals surface area contributed by atoms with Crippen LogP contribution in [0, 0.1) is 0 Å². The van der Waals surface area contributed by atoms with Crippen LogP contribution in [0.25, 0.3) is 132 Å². The van der Waals surface area contributed by atoms with Gasteiger partial charge in [-0.3, -0.25) is 0 Å². The fourth-order valence-electron chi connectivity index (χ4n) is 12.5. The van der Waals surface area contributed by atoms with Crippen molar-refractivity contribution in [2.75, 3.05) is 0 Å². The van der Waals surface area contributed by atoms with Gasteiger partial charge in [0.15, 0.2) is 0 Å². The van der Waals surface area contributed by atoms with E-state index in [0.717, 1.165) is 0 Å². The lowest BCUT2D eigenvalue weighted by molar-refractivity contribution is 0.661. The summed E-state index contributed by atoms with van der Waals surface area (Å²) < 4.78 is 0. The third-order valence-electron chi connectivity index (χ3n) is 15.9. The Bertz CT molecular complexity index is 4190. The molecule has 0 saturated carbocycles. The van der Waals surface area contributed by atoms with E-state index in [-0.39, 0.29) is 5.41 Å². The minimum atomic E-state index is -0.213. The topological polar surface area (TPSA) is 0 Å². The van der Waals surface area contributed by atoms with Crippen molar-refractivity contribution < 1.29 is 0 Å². The lowest BCUT2D eigenvalue weighted by Gasteiger charge is -2.24. The predicted molar refractivity (Wildman–Crippen MR) is 312 cm³/mol. The molecular formula is C73H50. The number of benzene rings is 13. The second-order valence-corrected chi connectivity index (χ2v) is 20.2. The Kier molecular flexibility index (Phi) is 9.98. The Morgan fingerprint density at radius 1 is 0.192 bits per heavy atom. The summed E-state index contributed by atoms with van der Waals surface area (Å²) in [5.74, 6) is 0. The number of hydrogen-bond donors (Lipinski definition) is 0. The Hall–Kier alpha value is -9.10. The normalized spacial score (nSPS) is 12.6. The zero-order valence-electron chi connectivity index (χ0n) is 40.9. The largest absolute Gasteiger partial charge is 0.0622 e. The standard InChI is InChI=1S/C73H50/c1-73(2)67-45-51(47-37-39-50(40-38-47)69-59-29-13-17-33-63(59)71(64-34-18-14-30-60(64)69)57-27-11-9-25-53(57)48-21-5-3-6-22-48)41-43-55(67)56-44-42-52(46-68(56)73)70-61-31-15-19-35-65(61)72(66-36-20-16-32-62(66)70)58-28-12-10-26-54(58)49-23-7-4-8-24-49/h3-46H,1-2H3. The van der Waals surface area contributed by atoms with Gasteiger partial charge in [0.05, 0.1) is 0 Å². The summed E-state index contributed by atoms with van der Waals surface area (Å²) in [4.78, 5) is 0. The molecular weight excluding hydrogens is 877 g/mol. The molecule has 0 nitrogen and oxygen atoms in total. The molecule has 1 aliphatic rings. The number of hydrogen-bond acceptors (Lipinski definition) is 0. The highest BCUT2D eigenvalue weighted by Gasteiger charge is 2.36. The zero-order valence-corrected chi connectivity index (χ0v) is 40.9. The van der Waals surface area contributed by atoms with E-state index in [0.29, 0.717) is 0 Å². The van der Waals surface area contributed by atoms with Crippen molar-refractivity contribution in [1.82, 2.24) is 0 Å². The minimum Gasteiger partial charge on any atom is -0.0622 e. The smallest absolute Gasteiger partial charge is 0.0159 e. The second-order valence-electron chi connectivity index (χ2n) is 20.2. The van der Waals surface area contributed by atoms with Crippen LogP contribution in [0.5, 0.6) is 0 Å². The van der Waals surface area contributed by atoms with Crippen molar-refractivity contribution >= 4 is 43.1 Å². The van der Waals surface area contributed by atoms with Crippen molar-refractivity contribution in [3.05, 3.63) is 278 Å². The van der Waals surface area contributed by atoms with E-state index in [4.69, 9.17) is 0 Å². The lowest BCUT2D eigenvalue weighted by Crippen LogP contribution is -2.15. The van der Waals surface area contributed by atoms with Gasteiger partial charge in [0.1, 0.15) is 0 Å². The van der Waals surface area contributed by atoms with Gasteiger partial charge in [0.2, 0.25) is 0 Å². The van der Waals surface area contributed by atoms with Crippen LogP contribution in [0.3, 0.4) is 0 Å². The Labute approximate surface area is 427 Å². The van der Waals surface area contributed by atoms with Crippen LogP contribution in [-0.2, 0) is 5.41 Å². The van der Waals surface area contributed by atoms with Gasteiger partial charge in [0, 0.05) is 5.41 Å². The van der Waals surface area contributed by atoms with E-state index in [1.807, 2.05) is 0 Å². The van der Waals surface area contributed by atoms with Crippen molar-refractivity contribution in [2.24, 2.45) is 0 Å². The maximum absolute atomic E-state index is 2.50. The maximum atomic E-state index is 2.50. The average Bonchev–Trinajstić information content (AvgIpc) is 3.68. The van der Waals surface area contributed by atoms with Crippen LogP contribution in [-0.4, -0.2) is 0 Å². The molecule has 0 heterocycles. The summed E-state index contributed by atoms with van der Waals surface area (Å²) in [5.41, 5.74) is 22.6. The van der Waals surface area contributed by atoms with Gasteiger partial charge in [-0.25, -0.2) is 0 Å². The molecule has 0 spiro atoms. The van der Waals surface area contributed by atoms with Crippen LogP contribution in [0.15, 0.2) is 267 Å². The zero-order chi connectivity index (χ0) is 48.6. The fraction of sp³-hybridized carbons (Fsp3) is 0.0411. The highest BCUT2D eigenvalue weighted by atomic mass is 14.4. The molecule has 0 aliphatic heterocycles. The lowest BCUT2D eigenvalue weighted by atomic mass is 9.79. The van der Waals surface area contributed by atoms with E-state index < -0.39 is 0 Å². The minimum absolute atomic E-state index is 0.213. The van der Waals surface area contributed by atoms with E-state index in [9.17, 15) is 0 Å². The van der Waals surface area contributed by atoms with Gasteiger partial charge in [-0.1, -0.05) is 269 Å². The van der Waals surface area contributed by atoms with E-state index in [1.165, 1.54) is 143 Å². The molecule has 0 N–H and O–H groups in total. The summed E-state index contributed by atoms with van der Waals surface area (Å²) in [6.07, 6.45) is 0. The first-order valence-corrected chi connectivity index (χ1v) is 25.6. The van der Waals surface area contributed by atoms with Gasteiger partial charge in [0.25, 0.3) is 0 Å². The van der Waals surface area contributed by atoms with Crippen LogP contribution < -0.4 is 0 Å². The first kappa shape index (κ1) is 42.8. The van der Waals surface area contributed by atoms with Crippen LogP contribution in [0.2, 0.25) is 0 Å². The van der Waals surface area contributed by atoms with E-state index in [2.05, 4.69) is 281 Å². The molecule has 0 heteroatoms. The Morgan fingerprint density at radius 3 is 0.890 bits per heavy atom. The molecule has 0 atom stereocenters. The molecule has 0 unspecified atom stereocenters. The summed E-state index contributed by atoms with van der Waals surface area (Å²) in [6, 6.07) is 99.0. The third-order valence-corrected chi connectivity index (χ3v) is 15.9. The molecule has 0 radical (unpaired) electrons. The average molecular weight is 927 g/mol. The third kappa shape index (κ3) is 6.82. The number of rotatable bonds is 7.